The van der Waals surface area contributed by atoms with Crippen molar-refractivity contribution in [3.05, 3.63) is 70.8 Å². The lowest BCUT2D eigenvalue weighted by atomic mass is 9.89. The lowest BCUT2D eigenvalue weighted by Gasteiger charge is -2.18. The van der Waals surface area contributed by atoms with Gasteiger partial charge in [0.2, 0.25) is 11.6 Å². The van der Waals surface area contributed by atoms with Gasteiger partial charge in [-0.15, -0.1) is 0 Å². The Morgan fingerprint density at radius 3 is 1.14 bits per heavy atom. The van der Waals surface area contributed by atoms with Gasteiger partial charge in [0.25, 0.3) is 0 Å². The smallest absolute Gasteiger partial charge is 0.225 e. The first-order valence-corrected chi connectivity index (χ1v) is 9.84. The van der Waals surface area contributed by atoms with E-state index >= 15 is 0 Å². The van der Waals surface area contributed by atoms with Crippen molar-refractivity contribution in [2.24, 2.45) is 0 Å². The van der Waals surface area contributed by atoms with E-state index in [-0.39, 0.29) is 17.1 Å². The molecule has 150 valence electrons. The topological polar surface area (TPSA) is 43.5 Å². The second-order valence-electron chi connectivity index (χ2n) is 8.83. The number of hydrogen-bond donors (Lipinski definition) is 0. The molecule has 0 bridgehead atoms. The molecule has 2 aliphatic rings. The molecule has 2 aromatic carbocycles. The van der Waals surface area contributed by atoms with Crippen LogP contribution in [0.15, 0.2) is 48.5 Å². The lowest BCUT2D eigenvalue weighted by molar-refractivity contribution is -0.0149. The van der Waals surface area contributed by atoms with Crippen LogP contribution in [-0.2, 0) is 30.5 Å². The van der Waals surface area contributed by atoms with Gasteiger partial charge in [0.1, 0.15) is 11.2 Å². The normalized spacial score (nSPS) is 30.7. The average Bonchev–Trinajstić information content (AvgIpc) is 3.49. The van der Waals surface area contributed by atoms with Gasteiger partial charge in [-0.05, 0) is 38.8 Å². The molecule has 0 saturated carbocycles. The van der Waals surface area contributed by atoms with Gasteiger partial charge in [0, 0.05) is 31.3 Å². The molecule has 0 N–H and O–H groups in total. The summed E-state index contributed by atoms with van der Waals surface area (Å²) in [4.78, 5) is 0. The summed E-state index contributed by atoms with van der Waals surface area (Å²) >= 11 is 0. The van der Waals surface area contributed by atoms with Crippen LogP contribution in [0.3, 0.4) is 0 Å². The minimum Gasteiger partial charge on any atom is -0.347 e. The molecule has 0 aliphatic carbocycles. The molecule has 0 spiro atoms. The van der Waals surface area contributed by atoms with Gasteiger partial charge in [0.05, 0.1) is 0 Å². The molecule has 4 nitrogen and oxygen atoms in total. The third-order valence-corrected chi connectivity index (χ3v) is 6.46. The van der Waals surface area contributed by atoms with Crippen molar-refractivity contribution in [3.8, 4) is 0 Å². The minimum absolute atomic E-state index is 0.279. The van der Waals surface area contributed by atoms with E-state index in [2.05, 4.69) is 55.5 Å². The Kier molecular flexibility index (Phi) is 4.29. The molecule has 2 saturated heterocycles. The van der Waals surface area contributed by atoms with Crippen molar-refractivity contribution in [1.82, 2.24) is 0 Å². The highest BCUT2D eigenvalue weighted by atomic mass is 16.8. The standard InChI is InChI=1S/C24H30O4/c1-16(17-8-12-19(13-9-17)23(25-6)21(2,3)27-23)18-10-14-20(15-11-18)24(26-7)22(4,5)28-24/h8-16H,1-7H3. The highest BCUT2D eigenvalue weighted by Gasteiger charge is 2.67. The van der Waals surface area contributed by atoms with E-state index < -0.39 is 11.6 Å². The minimum atomic E-state index is -0.623. The molecule has 28 heavy (non-hydrogen) atoms. The third-order valence-electron chi connectivity index (χ3n) is 6.46. The van der Waals surface area contributed by atoms with E-state index in [1.807, 2.05) is 27.7 Å². The van der Waals surface area contributed by atoms with Gasteiger partial charge in [-0.25, -0.2) is 0 Å². The second-order valence-corrected chi connectivity index (χ2v) is 8.83. The number of hydrogen-bond acceptors (Lipinski definition) is 4. The summed E-state index contributed by atoms with van der Waals surface area (Å²) in [6.45, 7) is 10.4. The van der Waals surface area contributed by atoms with E-state index in [4.69, 9.17) is 18.9 Å². The van der Waals surface area contributed by atoms with Gasteiger partial charge in [-0.1, -0.05) is 55.5 Å². The zero-order chi connectivity index (χ0) is 20.4. The van der Waals surface area contributed by atoms with Crippen molar-refractivity contribution >= 4 is 0 Å². The van der Waals surface area contributed by atoms with Gasteiger partial charge in [-0.3, -0.25) is 0 Å². The largest absolute Gasteiger partial charge is 0.347 e. The van der Waals surface area contributed by atoms with Crippen molar-refractivity contribution in [2.45, 2.75) is 63.3 Å². The monoisotopic (exact) mass is 382 g/mol. The SMILES string of the molecule is COC1(c2ccc(C(C)c3ccc(C4(OC)OC4(C)C)cc3)cc2)OC1(C)C. The molecule has 2 unspecified atom stereocenters. The fraction of sp³-hybridized carbons (Fsp3) is 0.500. The number of methoxy groups -OCH3 is 2. The van der Waals surface area contributed by atoms with Crippen LogP contribution in [0.2, 0.25) is 0 Å². The predicted molar refractivity (Wildman–Crippen MR) is 108 cm³/mol. The summed E-state index contributed by atoms with van der Waals surface area (Å²) in [5, 5.41) is 0. The average molecular weight is 383 g/mol. The zero-order valence-corrected chi connectivity index (χ0v) is 17.8. The first kappa shape index (κ1) is 19.6. The molecule has 2 aromatic rings. The number of benzene rings is 2. The molecule has 4 heteroatoms. The summed E-state index contributed by atoms with van der Waals surface area (Å²) in [5.41, 5.74) is 4.04. The Morgan fingerprint density at radius 2 is 0.929 bits per heavy atom. The fourth-order valence-electron chi connectivity index (χ4n) is 4.47. The first-order chi connectivity index (χ1) is 13.1. The van der Waals surface area contributed by atoms with Crippen LogP contribution in [0, 0.1) is 0 Å². The van der Waals surface area contributed by atoms with E-state index in [0.29, 0.717) is 0 Å². The highest BCUT2D eigenvalue weighted by Crippen LogP contribution is 2.56. The van der Waals surface area contributed by atoms with Gasteiger partial charge in [0.15, 0.2) is 0 Å². The van der Waals surface area contributed by atoms with Gasteiger partial charge < -0.3 is 18.9 Å². The third kappa shape index (κ3) is 2.66. The van der Waals surface area contributed by atoms with Crippen LogP contribution in [0.4, 0.5) is 0 Å². The van der Waals surface area contributed by atoms with E-state index in [0.717, 1.165) is 11.1 Å². The number of epoxide rings is 2. The predicted octanol–water partition coefficient (Wildman–Crippen LogP) is 5.05. The molecule has 2 atom stereocenters. The van der Waals surface area contributed by atoms with Crippen LogP contribution in [0.25, 0.3) is 0 Å². The molecule has 0 amide bonds. The van der Waals surface area contributed by atoms with Crippen LogP contribution in [-0.4, -0.2) is 25.4 Å². The van der Waals surface area contributed by atoms with Crippen molar-refractivity contribution in [2.75, 3.05) is 14.2 Å². The summed E-state index contributed by atoms with van der Waals surface area (Å²) in [6, 6.07) is 17.1. The summed E-state index contributed by atoms with van der Waals surface area (Å²) in [6.07, 6.45) is 0. The second kappa shape index (κ2) is 6.14. The fourth-order valence-corrected chi connectivity index (χ4v) is 4.47. The molecular formula is C24H30O4. The van der Waals surface area contributed by atoms with Crippen LogP contribution in [0.5, 0.6) is 0 Å². The van der Waals surface area contributed by atoms with E-state index in [1.165, 1.54) is 11.1 Å². The van der Waals surface area contributed by atoms with Gasteiger partial charge >= 0.3 is 0 Å². The molecule has 2 heterocycles. The Labute approximate surface area is 167 Å². The quantitative estimate of drug-likeness (QED) is 0.656. The molecular weight excluding hydrogens is 352 g/mol. The molecule has 0 aromatic heterocycles. The lowest BCUT2D eigenvalue weighted by Crippen LogP contribution is -2.20. The van der Waals surface area contributed by atoms with Crippen molar-refractivity contribution in [3.63, 3.8) is 0 Å². The molecule has 2 fully saturated rings. The van der Waals surface area contributed by atoms with Gasteiger partial charge in [-0.2, -0.15) is 0 Å². The van der Waals surface area contributed by atoms with E-state index in [1.54, 1.807) is 14.2 Å². The summed E-state index contributed by atoms with van der Waals surface area (Å²) in [5.74, 6) is -0.967. The van der Waals surface area contributed by atoms with Crippen LogP contribution in [0.1, 0.15) is 62.8 Å². The zero-order valence-electron chi connectivity index (χ0n) is 17.8. The first-order valence-electron chi connectivity index (χ1n) is 9.84. The molecule has 2 aliphatic heterocycles. The maximum Gasteiger partial charge on any atom is 0.225 e. The maximum atomic E-state index is 5.84. The Hall–Kier alpha value is -1.72. The Morgan fingerprint density at radius 1 is 0.643 bits per heavy atom. The van der Waals surface area contributed by atoms with E-state index in [9.17, 15) is 0 Å². The molecule has 0 radical (unpaired) electrons. The number of rotatable bonds is 6. The Balaban J connectivity index is 1.53. The van der Waals surface area contributed by atoms with Crippen molar-refractivity contribution < 1.29 is 18.9 Å². The van der Waals surface area contributed by atoms with Crippen LogP contribution < -0.4 is 0 Å². The maximum absolute atomic E-state index is 5.84. The summed E-state index contributed by atoms with van der Waals surface area (Å²) < 4.78 is 23.0. The summed E-state index contributed by atoms with van der Waals surface area (Å²) in [7, 11) is 3.40. The highest BCUT2D eigenvalue weighted by molar-refractivity contribution is 5.39. The molecule has 4 rings (SSSR count). The van der Waals surface area contributed by atoms with Crippen LogP contribution >= 0.6 is 0 Å². The van der Waals surface area contributed by atoms with Crippen molar-refractivity contribution in [1.29, 1.82) is 0 Å². The number of ether oxygens (including phenoxy) is 4. The Bertz CT molecular complexity index is 795.